The quantitative estimate of drug-likeness (QED) is 0.104. The lowest BCUT2D eigenvalue weighted by molar-refractivity contribution is -0.137. The highest BCUT2D eigenvalue weighted by atomic mass is 16.4. The first-order valence-electron chi connectivity index (χ1n) is 14.0. The van der Waals surface area contributed by atoms with Gasteiger partial charge in [-0.15, -0.1) is 0 Å². The van der Waals surface area contributed by atoms with Gasteiger partial charge in [0, 0.05) is 32.4 Å². The minimum atomic E-state index is -0.675. The van der Waals surface area contributed by atoms with Gasteiger partial charge in [-0.25, -0.2) is 0 Å². The van der Waals surface area contributed by atoms with E-state index in [0.29, 0.717) is 45.1 Å². The summed E-state index contributed by atoms with van der Waals surface area (Å²) in [5, 5.41) is 14.3. The van der Waals surface area contributed by atoms with Gasteiger partial charge in [0.25, 0.3) is 0 Å². The summed E-state index contributed by atoms with van der Waals surface area (Å²) in [4.78, 5) is 33.8. The molecule has 0 fully saturated rings. The first kappa shape index (κ1) is 32.5. The minimum Gasteiger partial charge on any atom is -0.481 e. The van der Waals surface area contributed by atoms with E-state index in [4.69, 9.17) is 13.0 Å². The lowest BCUT2D eigenvalue weighted by Crippen LogP contribution is -2.27. The van der Waals surface area contributed by atoms with Gasteiger partial charge in [0.15, 0.2) is 0 Å². The lowest BCUT2D eigenvalue weighted by Gasteiger charge is -2.06. The summed E-state index contributed by atoms with van der Waals surface area (Å²) in [5.41, 5.74) is 0. The molecule has 0 spiro atoms. The Kier molecular flexibility index (Phi) is 24.9. The predicted molar refractivity (Wildman–Crippen MR) is 141 cm³/mol. The highest BCUT2D eigenvalue weighted by Gasteiger charge is 2.03. The molecule has 0 saturated carbocycles. The third-order valence-electron chi connectivity index (χ3n) is 6.15. The number of hydrogen-bond acceptors (Lipinski definition) is 3. The summed E-state index contributed by atoms with van der Waals surface area (Å²) in [6, 6.07) is 0. The van der Waals surface area contributed by atoms with Gasteiger partial charge in [-0.2, -0.15) is 0 Å². The molecule has 0 aromatic rings. The van der Waals surface area contributed by atoms with Crippen molar-refractivity contribution < 1.29 is 19.5 Å². The molecule has 0 aliphatic rings. The summed E-state index contributed by atoms with van der Waals surface area (Å²) < 4.78 is 0. The Balaban J connectivity index is 3.21. The average molecular weight is 479 g/mol. The Labute approximate surface area is 210 Å². The second kappa shape index (κ2) is 26.1. The van der Waals surface area contributed by atoms with Crippen LogP contribution in [0.2, 0.25) is 6.32 Å². The molecule has 196 valence electrons. The van der Waals surface area contributed by atoms with Crippen LogP contribution < -0.4 is 10.6 Å². The SMILES string of the molecule is [B]CCCNC(=O)CCCNC(=O)CCCCCCCCCCCCCCCCCCC(=O)O. The van der Waals surface area contributed by atoms with Crippen LogP contribution in [-0.4, -0.2) is 43.8 Å². The van der Waals surface area contributed by atoms with Crippen molar-refractivity contribution in [1.82, 2.24) is 10.6 Å². The molecule has 0 rings (SSSR count). The van der Waals surface area contributed by atoms with E-state index in [1.807, 2.05) is 0 Å². The lowest BCUT2D eigenvalue weighted by atomic mass is 10.0. The van der Waals surface area contributed by atoms with Crippen LogP contribution in [0.3, 0.4) is 0 Å². The molecular weight excluding hydrogens is 427 g/mol. The van der Waals surface area contributed by atoms with Crippen molar-refractivity contribution in [1.29, 1.82) is 0 Å². The molecule has 0 saturated heterocycles. The number of aliphatic carboxylic acids is 1. The van der Waals surface area contributed by atoms with Crippen LogP contribution in [0, 0.1) is 0 Å². The standard InChI is InChI=1S/C27H51BN2O4/c28-22-18-24-30-26(32)20-17-23-29-25(31)19-15-13-11-9-7-5-3-1-2-4-6-8-10-12-14-16-21-27(33)34/h1-24H2,(H,29,31)(H,30,32)(H,33,34). The fourth-order valence-electron chi connectivity index (χ4n) is 4.02. The van der Waals surface area contributed by atoms with Crippen molar-refractivity contribution in [3.8, 4) is 0 Å². The Morgan fingerprint density at radius 1 is 0.471 bits per heavy atom. The predicted octanol–water partition coefficient (Wildman–Crippen LogP) is 6.08. The van der Waals surface area contributed by atoms with Gasteiger partial charge in [-0.05, 0) is 25.7 Å². The number of rotatable bonds is 26. The normalized spacial score (nSPS) is 10.8. The van der Waals surface area contributed by atoms with Crippen molar-refractivity contribution in [2.45, 2.75) is 141 Å². The highest BCUT2D eigenvalue weighted by molar-refractivity contribution is 6.08. The van der Waals surface area contributed by atoms with Crippen LogP contribution in [0.15, 0.2) is 0 Å². The number of hydrogen-bond donors (Lipinski definition) is 3. The number of unbranched alkanes of at least 4 members (excludes halogenated alkanes) is 15. The van der Waals surface area contributed by atoms with Gasteiger partial charge in [0.1, 0.15) is 0 Å². The van der Waals surface area contributed by atoms with E-state index in [2.05, 4.69) is 10.6 Å². The van der Waals surface area contributed by atoms with E-state index in [1.165, 1.54) is 77.0 Å². The van der Waals surface area contributed by atoms with Crippen molar-refractivity contribution in [2.75, 3.05) is 13.1 Å². The van der Waals surface area contributed by atoms with Crippen LogP contribution in [0.1, 0.15) is 135 Å². The van der Waals surface area contributed by atoms with Gasteiger partial charge >= 0.3 is 5.97 Å². The molecule has 2 amide bonds. The summed E-state index contributed by atoms with van der Waals surface area (Å²) in [6.07, 6.45) is 22.8. The van der Waals surface area contributed by atoms with E-state index in [0.717, 1.165) is 32.1 Å². The maximum absolute atomic E-state index is 11.8. The highest BCUT2D eigenvalue weighted by Crippen LogP contribution is 2.14. The average Bonchev–Trinajstić information content (AvgIpc) is 2.81. The van der Waals surface area contributed by atoms with E-state index in [9.17, 15) is 14.4 Å². The van der Waals surface area contributed by atoms with Gasteiger partial charge in [-0.3, -0.25) is 14.4 Å². The Morgan fingerprint density at radius 3 is 1.18 bits per heavy atom. The van der Waals surface area contributed by atoms with Crippen LogP contribution in [0.5, 0.6) is 0 Å². The number of carboxylic acid groups (broad SMARTS) is 1. The number of carbonyl (C=O) groups is 3. The molecule has 0 aromatic carbocycles. The number of carboxylic acids is 1. The summed E-state index contributed by atoms with van der Waals surface area (Å²) in [7, 11) is 5.39. The number of carbonyl (C=O) groups excluding carboxylic acids is 2. The van der Waals surface area contributed by atoms with Crippen molar-refractivity contribution in [3.63, 3.8) is 0 Å². The van der Waals surface area contributed by atoms with Crippen LogP contribution >= 0.6 is 0 Å². The van der Waals surface area contributed by atoms with Crippen molar-refractivity contribution in [2.24, 2.45) is 0 Å². The number of nitrogens with one attached hydrogen (secondary N) is 2. The zero-order valence-corrected chi connectivity index (χ0v) is 21.7. The fourth-order valence-corrected chi connectivity index (χ4v) is 4.02. The zero-order valence-electron chi connectivity index (χ0n) is 21.7. The van der Waals surface area contributed by atoms with E-state index >= 15 is 0 Å². The van der Waals surface area contributed by atoms with Crippen molar-refractivity contribution in [3.05, 3.63) is 0 Å². The van der Waals surface area contributed by atoms with Crippen molar-refractivity contribution >= 4 is 25.6 Å². The molecule has 0 aliphatic carbocycles. The first-order valence-corrected chi connectivity index (χ1v) is 14.0. The topological polar surface area (TPSA) is 95.5 Å². The van der Waals surface area contributed by atoms with Crippen LogP contribution in [0.25, 0.3) is 0 Å². The zero-order chi connectivity index (χ0) is 25.1. The maximum atomic E-state index is 11.8. The number of amides is 2. The Morgan fingerprint density at radius 2 is 0.794 bits per heavy atom. The summed E-state index contributed by atoms with van der Waals surface area (Å²) >= 11 is 0. The first-order chi connectivity index (χ1) is 16.6. The Bertz CT molecular complexity index is 503. The van der Waals surface area contributed by atoms with Gasteiger partial charge in [-0.1, -0.05) is 96.2 Å². The third-order valence-corrected chi connectivity index (χ3v) is 6.15. The molecule has 0 aliphatic heterocycles. The van der Waals surface area contributed by atoms with Gasteiger partial charge in [0.05, 0.1) is 7.85 Å². The second-order valence-electron chi connectivity index (χ2n) is 9.50. The fraction of sp³-hybridized carbons (Fsp3) is 0.889. The molecule has 0 aromatic heterocycles. The van der Waals surface area contributed by atoms with Crippen LogP contribution in [-0.2, 0) is 14.4 Å². The largest absolute Gasteiger partial charge is 0.481 e. The Hall–Kier alpha value is -1.53. The third kappa shape index (κ3) is 26.7. The molecule has 0 heterocycles. The van der Waals surface area contributed by atoms with E-state index in [-0.39, 0.29) is 11.8 Å². The van der Waals surface area contributed by atoms with Gasteiger partial charge in [0.2, 0.25) is 11.8 Å². The second-order valence-corrected chi connectivity index (χ2v) is 9.50. The molecule has 0 bridgehead atoms. The van der Waals surface area contributed by atoms with E-state index in [1.54, 1.807) is 0 Å². The molecule has 6 nitrogen and oxygen atoms in total. The molecule has 7 heteroatoms. The molecule has 0 atom stereocenters. The molecule has 34 heavy (non-hydrogen) atoms. The van der Waals surface area contributed by atoms with Gasteiger partial charge < -0.3 is 15.7 Å². The molecule has 0 unspecified atom stereocenters. The van der Waals surface area contributed by atoms with E-state index < -0.39 is 5.97 Å². The summed E-state index contributed by atoms with van der Waals surface area (Å²) in [5.74, 6) is -0.548. The molecular formula is C27H51BN2O4. The smallest absolute Gasteiger partial charge is 0.303 e. The van der Waals surface area contributed by atoms with Crippen LogP contribution in [0.4, 0.5) is 0 Å². The monoisotopic (exact) mass is 478 g/mol. The molecule has 3 N–H and O–H groups in total. The molecule has 2 radical (unpaired) electrons. The summed E-state index contributed by atoms with van der Waals surface area (Å²) in [6.45, 7) is 1.19. The maximum Gasteiger partial charge on any atom is 0.303 e. The minimum absolute atomic E-state index is 0.0287.